The Morgan fingerprint density at radius 2 is 2.05 bits per heavy atom. The van der Waals surface area contributed by atoms with Crippen LogP contribution in [0.5, 0.6) is 0 Å². The van der Waals surface area contributed by atoms with Gasteiger partial charge in [0.2, 0.25) is 0 Å². The predicted octanol–water partition coefficient (Wildman–Crippen LogP) is 4.39. The van der Waals surface area contributed by atoms with E-state index < -0.39 is 0 Å². The van der Waals surface area contributed by atoms with Crippen molar-refractivity contribution in [1.82, 2.24) is 10.3 Å². The predicted molar refractivity (Wildman–Crippen MR) is 93.4 cm³/mol. The van der Waals surface area contributed by atoms with Gasteiger partial charge in [0.05, 0.1) is 5.69 Å². The van der Waals surface area contributed by atoms with Crippen LogP contribution in [0.4, 0.5) is 5.13 Å². The molecule has 120 valence electrons. The van der Waals surface area contributed by atoms with Gasteiger partial charge in [-0.25, -0.2) is 4.98 Å². The van der Waals surface area contributed by atoms with Crippen LogP contribution >= 0.6 is 11.3 Å². The Morgan fingerprint density at radius 1 is 1.33 bits per heavy atom. The van der Waals surface area contributed by atoms with Gasteiger partial charge in [0, 0.05) is 25.0 Å². The highest BCUT2D eigenvalue weighted by Crippen LogP contribution is 2.33. The highest BCUT2D eigenvalue weighted by atomic mass is 32.1. The summed E-state index contributed by atoms with van der Waals surface area (Å²) in [6, 6.07) is 0. The van der Waals surface area contributed by atoms with Crippen LogP contribution in [0.25, 0.3) is 0 Å². The number of hydrogen-bond donors (Lipinski definition) is 1. The van der Waals surface area contributed by atoms with E-state index in [1.54, 1.807) is 0 Å². The number of rotatable bonds is 7. The Morgan fingerprint density at radius 3 is 2.67 bits per heavy atom. The third-order valence-electron chi connectivity index (χ3n) is 4.72. The summed E-state index contributed by atoms with van der Waals surface area (Å²) in [5.41, 5.74) is 1.31. The van der Waals surface area contributed by atoms with Gasteiger partial charge in [-0.15, -0.1) is 11.3 Å². The molecule has 1 aromatic rings. The van der Waals surface area contributed by atoms with Gasteiger partial charge in [-0.05, 0) is 38.1 Å². The van der Waals surface area contributed by atoms with Gasteiger partial charge < -0.3 is 10.2 Å². The van der Waals surface area contributed by atoms with Gasteiger partial charge >= 0.3 is 0 Å². The molecule has 0 spiro atoms. The van der Waals surface area contributed by atoms with E-state index >= 15 is 0 Å². The zero-order chi connectivity index (χ0) is 15.2. The Labute approximate surface area is 134 Å². The largest absolute Gasteiger partial charge is 0.351 e. The molecule has 0 saturated heterocycles. The third-order valence-corrected chi connectivity index (χ3v) is 5.90. The van der Waals surface area contributed by atoms with Gasteiger partial charge in [-0.1, -0.05) is 33.1 Å². The highest BCUT2D eigenvalue weighted by Gasteiger charge is 2.20. The molecule has 0 radical (unpaired) electrons. The molecule has 1 heterocycles. The number of nitrogens with one attached hydrogen (secondary N) is 1. The molecule has 1 N–H and O–H groups in total. The lowest BCUT2D eigenvalue weighted by atomic mass is 9.89. The summed E-state index contributed by atoms with van der Waals surface area (Å²) >= 11 is 1.88. The van der Waals surface area contributed by atoms with E-state index in [0.29, 0.717) is 5.92 Å². The zero-order valence-electron chi connectivity index (χ0n) is 14.1. The normalized spacial score (nSPS) is 17.9. The molecule has 0 amide bonds. The summed E-state index contributed by atoms with van der Waals surface area (Å²) in [6.45, 7) is 6.65. The Kier molecular flexibility index (Phi) is 6.49. The SMILES string of the molecule is CCC(C)c1nc(N(C)CC2CCCCC2)sc1CNC. The van der Waals surface area contributed by atoms with Crippen LogP contribution in [0.2, 0.25) is 0 Å². The maximum atomic E-state index is 4.97. The molecule has 1 fully saturated rings. The smallest absolute Gasteiger partial charge is 0.185 e. The van der Waals surface area contributed by atoms with Crippen molar-refractivity contribution in [2.75, 3.05) is 25.5 Å². The van der Waals surface area contributed by atoms with Crippen molar-refractivity contribution in [2.45, 2.75) is 64.8 Å². The summed E-state index contributed by atoms with van der Waals surface area (Å²) in [6.07, 6.45) is 8.22. The standard InChI is InChI=1S/C17H31N3S/c1-5-13(2)16-15(11-18-3)21-17(19-16)20(4)12-14-9-7-6-8-10-14/h13-14,18H,5-12H2,1-4H3. The van der Waals surface area contributed by atoms with E-state index in [2.05, 4.69) is 31.1 Å². The molecule has 2 rings (SSSR count). The van der Waals surface area contributed by atoms with E-state index in [9.17, 15) is 0 Å². The van der Waals surface area contributed by atoms with Crippen molar-refractivity contribution in [2.24, 2.45) is 5.92 Å². The minimum Gasteiger partial charge on any atom is -0.351 e. The third kappa shape index (κ3) is 4.43. The van der Waals surface area contributed by atoms with E-state index in [4.69, 9.17) is 4.98 Å². The second-order valence-electron chi connectivity index (χ2n) is 6.53. The number of nitrogens with zero attached hydrogens (tertiary/aromatic N) is 2. The van der Waals surface area contributed by atoms with Crippen LogP contribution in [0.15, 0.2) is 0 Å². The molecule has 1 unspecified atom stereocenters. The van der Waals surface area contributed by atoms with Crippen LogP contribution in [-0.2, 0) is 6.54 Å². The highest BCUT2D eigenvalue weighted by molar-refractivity contribution is 7.15. The first-order valence-corrected chi connectivity index (χ1v) is 9.32. The molecule has 3 nitrogen and oxygen atoms in total. The van der Waals surface area contributed by atoms with Crippen LogP contribution in [-0.4, -0.2) is 25.6 Å². The molecule has 1 atom stereocenters. The Bertz CT molecular complexity index is 424. The lowest BCUT2D eigenvalue weighted by Crippen LogP contribution is -2.26. The van der Waals surface area contributed by atoms with Crippen molar-refractivity contribution < 1.29 is 0 Å². The van der Waals surface area contributed by atoms with Crippen LogP contribution in [0, 0.1) is 5.92 Å². The van der Waals surface area contributed by atoms with Gasteiger partial charge in [0.15, 0.2) is 5.13 Å². The lowest BCUT2D eigenvalue weighted by Gasteiger charge is -2.26. The van der Waals surface area contributed by atoms with E-state index in [1.807, 2.05) is 18.4 Å². The topological polar surface area (TPSA) is 28.2 Å². The fraction of sp³-hybridized carbons (Fsp3) is 0.824. The van der Waals surface area contributed by atoms with Gasteiger partial charge in [-0.3, -0.25) is 0 Å². The van der Waals surface area contributed by atoms with E-state index in [1.165, 1.54) is 54.4 Å². The monoisotopic (exact) mass is 309 g/mol. The molecule has 0 bridgehead atoms. The molecule has 4 heteroatoms. The summed E-state index contributed by atoms with van der Waals surface area (Å²) in [4.78, 5) is 8.78. The minimum absolute atomic E-state index is 0.557. The maximum absolute atomic E-state index is 4.97. The molecular formula is C17H31N3S. The van der Waals surface area contributed by atoms with E-state index in [0.717, 1.165) is 18.9 Å². The first kappa shape index (κ1) is 16.8. The van der Waals surface area contributed by atoms with Crippen molar-refractivity contribution in [3.63, 3.8) is 0 Å². The molecule has 0 aromatic carbocycles. The number of anilines is 1. The Hall–Kier alpha value is -0.610. The number of aromatic nitrogens is 1. The lowest BCUT2D eigenvalue weighted by molar-refractivity contribution is 0.362. The van der Waals surface area contributed by atoms with Crippen molar-refractivity contribution in [3.05, 3.63) is 10.6 Å². The van der Waals surface area contributed by atoms with Gasteiger partial charge in [0.25, 0.3) is 0 Å². The minimum atomic E-state index is 0.557. The van der Waals surface area contributed by atoms with Crippen molar-refractivity contribution >= 4 is 16.5 Å². The van der Waals surface area contributed by atoms with Crippen LogP contribution in [0.3, 0.4) is 0 Å². The molecule has 0 aliphatic heterocycles. The quantitative estimate of drug-likeness (QED) is 0.809. The second kappa shape index (κ2) is 8.14. The van der Waals surface area contributed by atoms with Gasteiger partial charge in [-0.2, -0.15) is 0 Å². The zero-order valence-corrected chi connectivity index (χ0v) is 14.9. The maximum Gasteiger partial charge on any atom is 0.185 e. The number of thiazole rings is 1. The molecule has 1 aliphatic carbocycles. The first-order valence-electron chi connectivity index (χ1n) is 8.51. The molecule has 1 saturated carbocycles. The molecule has 1 aliphatic rings. The van der Waals surface area contributed by atoms with Crippen LogP contribution < -0.4 is 10.2 Å². The molecule has 21 heavy (non-hydrogen) atoms. The number of hydrogen-bond acceptors (Lipinski definition) is 4. The summed E-state index contributed by atoms with van der Waals surface area (Å²) in [5, 5.41) is 4.50. The average Bonchev–Trinajstić information content (AvgIpc) is 2.92. The average molecular weight is 310 g/mol. The van der Waals surface area contributed by atoms with Gasteiger partial charge in [0.1, 0.15) is 0 Å². The molecular weight excluding hydrogens is 278 g/mol. The fourth-order valence-corrected chi connectivity index (χ4v) is 4.38. The molecule has 1 aromatic heterocycles. The Balaban J connectivity index is 2.07. The first-order chi connectivity index (χ1) is 10.2. The van der Waals surface area contributed by atoms with E-state index in [-0.39, 0.29) is 0 Å². The summed E-state index contributed by atoms with van der Waals surface area (Å²) in [5.74, 6) is 1.42. The van der Waals surface area contributed by atoms with Crippen molar-refractivity contribution in [1.29, 1.82) is 0 Å². The van der Waals surface area contributed by atoms with Crippen molar-refractivity contribution in [3.8, 4) is 0 Å². The second-order valence-corrected chi connectivity index (χ2v) is 7.59. The summed E-state index contributed by atoms with van der Waals surface area (Å²) in [7, 11) is 4.24. The van der Waals surface area contributed by atoms with Crippen LogP contribution in [0.1, 0.15) is 68.9 Å². The summed E-state index contributed by atoms with van der Waals surface area (Å²) < 4.78 is 0. The fourth-order valence-electron chi connectivity index (χ4n) is 3.21.